The van der Waals surface area contributed by atoms with Crippen molar-refractivity contribution in [2.24, 2.45) is 0 Å². The van der Waals surface area contributed by atoms with Crippen LogP contribution in [0.25, 0.3) is 5.69 Å². The lowest BCUT2D eigenvalue weighted by molar-refractivity contribution is -0.121. The van der Waals surface area contributed by atoms with E-state index in [1.54, 1.807) is 24.7 Å². The second-order valence-corrected chi connectivity index (χ2v) is 6.58. The summed E-state index contributed by atoms with van der Waals surface area (Å²) in [6.45, 7) is 2.43. The van der Waals surface area contributed by atoms with E-state index in [9.17, 15) is 9.59 Å². The van der Waals surface area contributed by atoms with Crippen LogP contribution < -0.4 is 10.6 Å². The second-order valence-electron chi connectivity index (χ2n) is 6.58. The number of rotatable bonds is 8. The smallest absolute Gasteiger partial charge is 0.251 e. The van der Waals surface area contributed by atoms with Crippen LogP contribution in [0.3, 0.4) is 0 Å². The minimum atomic E-state index is -0.118. The van der Waals surface area contributed by atoms with Gasteiger partial charge in [-0.25, -0.2) is 4.98 Å². The zero-order valence-corrected chi connectivity index (χ0v) is 15.8. The number of carbonyl (C=O) groups excluding carboxylic acids is 2. The van der Waals surface area contributed by atoms with Gasteiger partial charge in [-0.3, -0.25) is 9.59 Å². The maximum atomic E-state index is 12.2. The number of hydrogen-bond acceptors (Lipinski definition) is 3. The number of amides is 2. The first kappa shape index (κ1) is 19.4. The molecule has 0 saturated carbocycles. The van der Waals surface area contributed by atoms with Crippen LogP contribution in [0.1, 0.15) is 41.7 Å². The van der Waals surface area contributed by atoms with Crippen LogP contribution in [0.4, 0.5) is 0 Å². The van der Waals surface area contributed by atoms with Crippen LogP contribution >= 0.6 is 0 Å². The molecule has 1 heterocycles. The zero-order valence-electron chi connectivity index (χ0n) is 15.8. The van der Waals surface area contributed by atoms with E-state index < -0.39 is 0 Å². The summed E-state index contributed by atoms with van der Waals surface area (Å²) in [4.78, 5) is 28.1. The second kappa shape index (κ2) is 9.50. The SMILES string of the molecule is CC(NC(=O)CCCNC(=O)c1ccccc1)c1ccc(-n2ccnc2)cc1. The number of nitrogens with zero attached hydrogens (tertiary/aromatic N) is 2. The fraction of sp³-hybridized carbons (Fsp3) is 0.227. The maximum absolute atomic E-state index is 12.2. The first-order chi connectivity index (χ1) is 13.6. The maximum Gasteiger partial charge on any atom is 0.251 e. The quantitative estimate of drug-likeness (QED) is 0.593. The molecule has 3 rings (SSSR count). The van der Waals surface area contributed by atoms with E-state index in [2.05, 4.69) is 15.6 Å². The molecule has 0 aliphatic rings. The number of hydrogen-bond donors (Lipinski definition) is 2. The third-order valence-electron chi connectivity index (χ3n) is 4.48. The van der Waals surface area contributed by atoms with Gasteiger partial charge in [0, 0.05) is 36.6 Å². The van der Waals surface area contributed by atoms with Crippen molar-refractivity contribution < 1.29 is 9.59 Å². The summed E-state index contributed by atoms with van der Waals surface area (Å²) in [5.74, 6) is -0.146. The molecule has 0 spiro atoms. The molecule has 144 valence electrons. The van der Waals surface area contributed by atoms with Crippen LogP contribution in [0.5, 0.6) is 0 Å². The summed E-state index contributed by atoms with van der Waals surface area (Å²) in [6, 6.07) is 17.0. The standard InChI is InChI=1S/C22H24N4O2/c1-17(18-9-11-20(12-10-18)26-15-14-23-16-26)25-21(27)8-5-13-24-22(28)19-6-3-2-4-7-19/h2-4,6-7,9-12,14-17H,5,8,13H2,1H3,(H,24,28)(H,25,27). The van der Waals surface area contributed by atoms with Crippen molar-refractivity contribution in [2.45, 2.75) is 25.8 Å². The zero-order chi connectivity index (χ0) is 19.8. The third kappa shape index (κ3) is 5.30. The van der Waals surface area contributed by atoms with Crippen molar-refractivity contribution in [3.63, 3.8) is 0 Å². The van der Waals surface area contributed by atoms with Gasteiger partial charge < -0.3 is 15.2 Å². The lowest BCUT2D eigenvalue weighted by Gasteiger charge is -2.15. The minimum Gasteiger partial charge on any atom is -0.352 e. The molecule has 1 unspecified atom stereocenters. The van der Waals surface area contributed by atoms with Crippen LogP contribution in [0.2, 0.25) is 0 Å². The topological polar surface area (TPSA) is 76.0 Å². The van der Waals surface area contributed by atoms with Crippen LogP contribution in [-0.2, 0) is 4.79 Å². The first-order valence-corrected chi connectivity index (χ1v) is 9.34. The van der Waals surface area contributed by atoms with Crippen molar-refractivity contribution in [3.8, 4) is 5.69 Å². The summed E-state index contributed by atoms with van der Waals surface area (Å²) < 4.78 is 1.93. The van der Waals surface area contributed by atoms with Crippen LogP contribution in [-0.4, -0.2) is 27.9 Å². The molecule has 0 aliphatic heterocycles. The molecule has 28 heavy (non-hydrogen) atoms. The molecule has 2 N–H and O–H groups in total. The van der Waals surface area contributed by atoms with E-state index in [0.717, 1.165) is 11.3 Å². The fourth-order valence-corrected chi connectivity index (χ4v) is 2.89. The molecule has 0 aliphatic carbocycles. The highest BCUT2D eigenvalue weighted by atomic mass is 16.2. The average molecular weight is 376 g/mol. The summed E-state index contributed by atoms with van der Waals surface area (Å²) >= 11 is 0. The van der Waals surface area contributed by atoms with Gasteiger partial charge in [0.1, 0.15) is 0 Å². The molecule has 2 amide bonds. The summed E-state index contributed by atoms with van der Waals surface area (Å²) in [7, 11) is 0. The van der Waals surface area contributed by atoms with Gasteiger partial charge in [0.2, 0.25) is 5.91 Å². The molecule has 1 atom stereocenters. The number of nitrogens with one attached hydrogen (secondary N) is 2. The van der Waals surface area contributed by atoms with E-state index in [1.165, 1.54) is 0 Å². The van der Waals surface area contributed by atoms with Crippen molar-refractivity contribution in [1.82, 2.24) is 20.2 Å². The van der Waals surface area contributed by atoms with E-state index in [4.69, 9.17) is 0 Å². The monoisotopic (exact) mass is 376 g/mol. The minimum absolute atomic E-state index is 0.0276. The molecule has 0 bridgehead atoms. The lowest BCUT2D eigenvalue weighted by Crippen LogP contribution is -2.29. The molecule has 0 saturated heterocycles. The molecular formula is C22H24N4O2. The molecule has 2 aromatic carbocycles. The Bertz CT molecular complexity index is 890. The molecular weight excluding hydrogens is 352 g/mol. The normalized spacial score (nSPS) is 11.6. The van der Waals surface area contributed by atoms with Crippen molar-refractivity contribution in [2.75, 3.05) is 6.54 Å². The number of imidazole rings is 1. The Morgan fingerprint density at radius 1 is 1.07 bits per heavy atom. The summed E-state index contributed by atoms with van der Waals surface area (Å²) in [5.41, 5.74) is 2.68. The Morgan fingerprint density at radius 2 is 1.82 bits per heavy atom. The van der Waals surface area contributed by atoms with Gasteiger partial charge in [-0.15, -0.1) is 0 Å². The van der Waals surface area contributed by atoms with Crippen molar-refractivity contribution in [1.29, 1.82) is 0 Å². The fourth-order valence-electron chi connectivity index (χ4n) is 2.89. The molecule has 6 heteroatoms. The Morgan fingerprint density at radius 3 is 2.50 bits per heavy atom. The van der Waals surface area contributed by atoms with E-state index in [-0.39, 0.29) is 17.9 Å². The molecule has 0 fully saturated rings. The summed E-state index contributed by atoms with van der Waals surface area (Å²) in [5, 5.41) is 5.83. The van der Waals surface area contributed by atoms with Crippen molar-refractivity contribution >= 4 is 11.8 Å². The Labute approximate surface area is 164 Å². The Kier molecular flexibility index (Phi) is 6.57. The van der Waals surface area contributed by atoms with Crippen LogP contribution in [0, 0.1) is 0 Å². The summed E-state index contributed by atoms with van der Waals surface area (Å²) in [6.07, 6.45) is 6.33. The van der Waals surface area contributed by atoms with Gasteiger partial charge in [0.05, 0.1) is 12.4 Å². The Balaban J connectivity index is 1.40. The van der Waals surface area contributed by atoms with Gasteiger partial charge in [-0.05, 0) is 43.2 Å². The highest BCUT2D eigenvalue weighted by Crippen LogP contribution is 2.16. The Hall–Kier alpha value is -3.41. The van der Waals surface area contributed by atoms with E-state index >= 15 is 0 Å². The highest BCUT2D eigenvalue weighted by molar-refractivity contribution is 5.94. The van der Waals surface area contributed by atoms with Gasteiger partial charge in [-0.1, -0.05) is 30.3 Å². The third-order valence-corrected chi connectivity index (χ3v) is 4.48. The van der Waals surface area contributed by atoms with Gasteiger partial charge in [0.15, 0.2) is 0 Å². The predicted molar refractivity (Wildman–Crippen MR) is 108 cm³/mol. The number of benzene rings is 2. The molecule has 6 nitrogen and oxygen atoms in total. The largest absolute Gasteiger partial charge is 0.352 e. The number of carbonyl (C=O) groups is 2. The van der Waals surface area contributed by atoms with Crippen LogP contribution in [0.15, 0.2) is 73.3 Å². The lowest BCUT2D eigenvalue weighted by atomic mass is 10.1. The average Bonchev–Trinajstić information content (AvgIpc) is 3.26. The predicted octanol–water partition coefficient (Wildman–Crippen LogP) is 3.26. The van der Waals surface area contributed by atoms with Gasteiger partial charge in [-0.2, -0.15) is 0 Å². The van der Waals surface area contributed by atoms with Gasteiger partial charge in [0.25, 0.3) is 5.91 Å². The molecule has 0 radical (unpaired) electrons. The number of aromatic nitrogens is 2. The van der Waals surface area contributed by atoms with E-state index in [1.807, 2.05) is 60.2 Å². The first-order valence-electron chi connectivity index (χ1n) is 9.34. The highest BCUT2D eigenvalue weighted by Gasteiger charge is 2.10. The molecule has 1 aromatic heterocycles. The molecule has 3 aromatic rings. The van der Waals surface area contributed by atoms with Crippen molar-refractivity contribution in [3.05, 3.63) is 84.4 Å². The van der Waals surface area contributed by atoms with Gasteiger partial charge >= 0.3 is 0 Å². The van der Waals surface area contributed by atoms with E-state index in [0.29, 0.717) is 24.9 Å².